The van der Waals surface area contributed by atoms with Crippen molar-refractivity contribution < 1.29 is 22.7 Å². The van der Waals surface area contributed by atoms with Crippen LogP contribution in [0.1, 0.15) is 5.56 Å². The number of hydrogen-bond acceptors (Lipinski definition) is 2. The number of rotatable bonds is 2. The second-order valence-corrected chi connectivity index (χ2v) is 2.63. The number of benzene rings is 1. The Labute approximate surface area is 78.3 Å². The molecule has 0 saturated heterocycles. The van der Waals surface area contributed by atoms with E-state index in [1.54, 1.807) is 0 Å². The lowest BCUT2D eigenvalue weighted by atomic mass is 10.2. The third-order valence-corrected chi connectivity index (χ3v) is 1.53. The highest BCUT2D eigenvalue weighted by Crippen LogP contribution is 2.19. The van der Waals surface area contributed by atoms with Gasteiger partial charge < -0.3 is 4.74 Å². The Bertz CT molecular complexity index is 350. The van der Waals surface area contributed by atoms with Gasteiger partial charge in [-0.05, 0) is 30.7 Å². The van der Waals surface area contributed by atoms with Crippen molar-refractivity contribution in [2.45, 2.75) is 13.3 Å². The van der Waals surface area contributed by atoms with Crippen LogP contribution in [0, 0.1) is 12.7 Å². The molecule has 0 aliphatic carbocycles. The molecule has 0 saturated carbocycles. The molecular formula is C9H7F3O2. The maximum atomic E-state index is 12.6. The van der Waals surface area contributed by atoms with Crippen molar-refractivity contribution in [3.63, 3.8) is 0 Å². The molecule has 0 bridgehead atoms. The van der Waals surface area contributed by atoms with Crippen LogP contribution in [-0.4, -0.2) is 12.4 Å². The van der Waals surface area contributed by atoms with Gasteiger partial charge in [-0.2, -0.15) is 8.78 Å². The first-order valence-corrected chi connectivity index (χ1v) is 3.76. The summed E-state index contributed by atoms with van der Waals surface area (Å²) in [5.41, 5.74) is 0.291. The minimum absolute atomic E-state index is 0.0586. The molecule has 0 atom stereocenters. The van der Waals surface area contributed by atoms with Gasteiger partial charge in [0.25, 0.3) is 0 Å². The predicted octanol–water partition coefficient (Wildman–Crippen LogP) is 2.30. The van der Waals surface area contributed by atoms with E-state index in [1.165, 1.54) is 6.92 Å². The SMILES string of the molecule is Cc1cc(F)ccc1OC(=O)C(F)F. The standard InChI is InChI=1S/C9H7F3O2/c1-5-4-6(10)2-3-7(5)14-9(13)8(11)12/h2-4,8H,1H3. The minimum Gasteiger partial charge on any atom is -0.422 e. The number of halogens is 3. The summed E-state index contributed by atoms with van der Waals surface area (Å²) in [5.74, 6) is -2.21. The molecule has 0 fully saturated rings. The van der Waals surface area contributed by atoms with Gasteiger partial charge in [0.05, 0.1) is 0 Å². The Balaban J connectivity index is 2.82. The number of esters is 1. The van der Waals surface area contributed by atoms with Crippen molar-refractivity contribution in [2.24, 2.45) is 0 Å². The van der Waals surface area contributed by atoms with Gasteiger partial charge in [-0.1, -0.05) is 0 Å². The van der Waals surface area contributed by atoms with Crippen LogP contribution >= 0.6 is 0 Å². The number of carbonyl (C=O) groups is 1. The lowest BCUT2D eigenvalue weighted by Crippen LogP contribution is -2.17. The monoisotopic (exact) mass is 204 g/mol. The zero-order valence-corrected chi connectivity index (χ0v) is 7.26. The molecule has 0 aromatic heterocycles. The summed E-state index contributed by atoms with van der Waals surface area (Å²) in [5, 5.41) is 0. The molecule has 0 aliphatic rings. The van der Waals surface area contributed by atoms with E-state index in [1.807, 2.05) is 0 Å². The highest BCUT2D eigenvalue weighted by Gasteiger charge is 2.18. The Hall–Kier alpha value is -1.52. The third-order valence-electron chi connectivity index (χ3n) is 1.53. The summed E-state index contributed by atoms with van der Waals surface area (Å²) in [6.45, 7) is 1.46. The van der Waals surface area contributed by atoms with E-state index in [-0.39, 0.29) is 5.75 Å². The van der Waals surface area contributed by atoms with Gasteiger partial charge in [0, 0.05) is 0 Å². The molecular weight excluding hydrogens is 197 g/mol. The van der Waals surface area contributed by atoms with E-state index >= 15 is 0 Å². The molecule has 2 nitrogen and oxygen atoms in total. The fraction of sp³-hybridized carbons (Fsp3) is 0.222. The molecule has 0 radical (unpaired) electrons. The van der Waals surface area contributed by atoms with Crippen molar-refractivity contribution in [2.75, 3.05) is 0 Å². The number of carbonyl (C=O) groups excluding carboxylic acids is 1. The molecule has 0 aliphatic heterocycles. The largest absolute Gasteiger partial charge is 0.422 e. The van der Waals surface area contributed by atoms with Crippen molar-refractivity contribution >= 4 is 5.97 Å². The van der Waals surface area contributed by atoms with Crippen LogP contribution in [0.15, 0.2) is 18.2 Å². The zero-order chi connectivity index (χ0) is 10.7. The Morgan fingerprint density at radius 1 is 1.43 bits per heavy atom. The molecule has 1 aromatic rings. The summed E-state index contributed by atoms with van der Waals surface area (Å²) >= 11 is 0. The number of ether oxygens (including phenoxy) is 1. The van der Waals surface area contributed by atoms with Gasteiger partial charge in [0.2, 0.25) is 0 Å². The van der Waals surface area contributed by atoms with E-state index < -0.39 is 18.2 Å². The first-order valence-electron chi connectivity index (χ1n) is 3.76. The average molecular weight is 204 g/mol. The van der Waals surface area contributed by atoms with E-state index in [0.717, 1.165) is 18.2 Å². The van der Waals surface area contributed by atoms with Gasteiger partial charge in [0.1, 0.15) is 11.6 Å². The first-order chi connectivity index (χ1) is 6.50. The van der Waals surface area contributed by atoms with E-state index in [0.29, 0.717) is 5.56 Å². The van der Waals surface area contributed by atoms with Crippen LogP contribution in [-0.2, 0) is 4.79 Å². The third kappa shape index (κ3) is 2.48. The predicted molar refractivity (Wildman–Crippen MR) is 42.8 cm³/mol. The Morgan fingerprint density at radius 2 is 2.07 bits per heavy atom. The van der Waals surface area contributed by atoms with Crippen LogP contribution in [0.5, 0.6) is 5.75 Å². The average Bonchev–Trinajstić information content (AvgIpc) is 2.09. The fourth-order valence-electron chi connectivity index (χ4n) is 0.880. The van der Waals surface area contributed by atoms with E-state index in [9.17, 15) is 18.0 Å². The summed E-state index contributed by atoms with van der Waals surface area (Å²) < 4.78 is 40.4. The molecule has 1 rings (SSSR count). The van der Waals surface area contributed by atoms with Gasteiger partial charge >= 0.3 is 12.4 Å². The summed E-state index contributed by atoms with van der Waals surface area (Å²) in [6.07, 6.45) is -3.18. The van der Waals surface area contributed by atoms with E-state index in [2.05, 4.69) is 4.74 Å². The Morgan fingerprint density at radius 3 is 2.57 bits per heavy atom. The van der Waals surface area contributed by atoms with Crippen LogP contribution in [0.4, 0.5) is 13.2 Å². The van der Waals surface area contributed by atoms with Crippen molar-refractivity contribution in [1.29, 1.82) is 0 Å². The molecule has 14 heavy (non-hydrogen) atoms. The quantitative estimate of drug-likeness (QED) is 0.545. The number of hydrogen-bond donors (Lipinski definition) is 0. The van der Waals surface area contributed by atoms with Crippen LogP contribution < -0.4 is 4.74 Å². The second kappa shape index (κ2) is 4.13. The normalized spacial score (nSPS) is 10.4. The lowest BCUT2D eigenvalue weighted by Gasteiger charge is -2.05. The molecule has 0 amide bonds. The van der Waals surface area contributed by atoms with Crippen LogP contribution in [0.25, 0.3) is 0 Å². The molecule has 0 unspecified atom stereocenters. The van der Waals surface area contributed by atoms with Crippen LogP contribution in [0.2, 0.25) is 0 Å². The van der Waals surface area contributed by atoms with Crippen molar-refractivity contribution in [3.05, 3.63) is 29.6 Å². The molecule has 1 aromatic carbocycles. The molecule has 76 valence electrons. The molecule has 5 heteroatoms. The van der Waals surface area contributed by atoms with Gasteiger partial charge in [-0.25, -0.2) is 9.18 Å². The van der Waals surface area contributed by atoms with Gasteiger partial charge in [0.15, 0.2) is 0 Å². The highest BCUT2D eigenvalue weighted by atomic mass is 19.3. The number of alkyl halides is 2. The molecule has 0 N–H and O–H groups in total. The van der Waals surface area contributed by atoms with E-state index in [4.69, 9.17) is 0 Å². The Kier molecular flexibility index (Phi) is 3.11. The minimum atomic E-state index is -3.18. The van der Waals surface area contributed by atoms with Crippen LogP contribution in [0.3, 0.4) is 0 Å². The summed E-state index contributed by atoms with van der Waals surface area (Å²) in [7, 11) is 0. The second-order valence-electron chi connectivity index (χ2n) is 2.63. The van der Waals surface area contributed by atoms with Gasteiger partial charge in [-0.15, -0.1) is 0 Å². The highest BCUT2D eigenvalue weighted by molar-refractivity contribution is 5.75. The maximum Gasteiger partial charge on any atom is 0.379 e. The molecule has 0 spiro atoms. The van der Waals surface area contributed by atoms with Gasteiger partial charge in [-0.3, -0.25) is 0 Å². The maximum absolute atomic E-state index is 12.6. The smallest absolute Gasteiger partial charge is 0.379 e. The lowest BCUT2D eigenvalue weighted by molar-refractivity contribution is -0.146. The summed E-state index contributed by atoms with van der Waals surface area (Å²) in [6, 6.07) is 3.25. The zero-order valence-electron chi connectivity index (χ0n) is 7.26. The van der Waals surface area contributed by atoms with Crippen molar-refractivity contribution in [1.82, 2.24) is 0 Å². The summed E-state index contributed by atoms with van der Waals surface area (Å²) in [4.78, 5) is 10.5. The number of aryl methyl sites for hydroxylation is 1. The van der Waals surface area contributed by atoms with Crippen molar-refractivity contribution in [3.8, 4) is 5.75 Å². The fourth-order valence-corrected chi connectivity index (χ4v) is 0.880. The first kappa shape index (κ1) is 10.6. The molecule has 0 heterocycles. The topological polar surface area (TPSA) is 26.3 Å².